The van der Waals surface area contributed by atoms with Gasteiger partial charge in [0.15, 0.2) is 17.7 Å². The van der Waals surface area contributed by atoms with Gasteiger partial charge >= 0.3 is 5.97 Å². The molecule has 0 saturated carbocycles. The number of rotatable bonds is 10. The number of piperidine rings is 1. The average molecular weight is 627 g/mol. The molecule has 6 nitrogen and oxygen atoms in total. The van der Waals surface area contributed by atoms with E-state index in [1.54, 1.807) is 32.9 Å². The second kappa shape index (κ2) is 13.8. The SMILES string of the molecule is Cc1ncc(-c2ccc(OCCc3ccc(F)cc3)c(F)c2F)c(N2CCC(C)(C)CC2)c1[C@H](OC(C)(C)C)C(=O)OC(C)C. The summed E-state index contributed by atoms with van der Waals surface area (Å²) in [5.41, 5.74) is 2.14. The molecule has 1 aliphatic heterocycles. The van der Waals surface area contributed by atoms with Crippen molar-refractivity contribution in [3.63, 3.8) is 0 Å². The number of nitrogens with zero attached hydrogens (tertiary/aromatic N) is 2. The average Bonchev–Trinajstić information content (AvgIpc) is 2.95. The summed E-state index contributed by atoms with van der Waals surface area (Å²) >= 11 is 0. The number of halogens is 3. The van der Waals surface area contributed by atoms with E-state index in [2.05, 4.69) is 23.7 Å². The molecule has 0 N–H and O–H groups in total. The van der Waals surface area contributed by atoms with Gasteiger partial charge in [0, 0.05) is 48.1 Å². The van der Waals surface area contributed by atoms with Crippen molar-refractivity contribution in [2.75, 3.05) is 24.6 Å². The van der Waals surface area contributed by atoms with Crippen LogP contribution in [0.1, 0.15) is 84.2 Å². The van der Waals surface area contributed by atoms with Gasteiger partial charge in [0.1, 0.15) is 5.82 Å². The predicted octanol–water partition coefficient (Wildman–Crippen LogP) is 8.53. The number of hydrogen-bond donors (Lipinski definition) is 0. The summed E-state index contributed by atoms with van der Waals surface area (Å²) in [6.07, 6.45) is 2.13. The Morgan fingerprint density at radius 1 is 0.978 bits per heavy atom. The first kappa shape index (κ1) is 34.3. The first-order valence-electron chi connectivity index (χ1n) is 15.5. The summed E-state index contributed by atoms with van der Waals surface area (Å²) in [5, 5.41) is 0. The van der Waals surface area contributed by atoms with Crippen LogP contribution < -0.4 is 9.64 Å². The van der Waals surface area contributed by atoms with Crippen molar-refractivity contribution in [2.24, 2.45) is 5.41 Å². The number of carbonyl (C=O) groups excluding carboxylic acids is 1. The first-order valence-corrected chi connectivity index (χ1v) is 15.5. The van der Waals surface area contributed by atoms with Gasteiger partial charge in [-0.3, -0.25) is 4.98 Å². The molecule has 0 spiro atoms. The summed E-state index contributed by atoms with van der Waals surface area (Å²) in [6, 6.07) is 8.81. The van der Waals surface area contributed by atoms with Crippen LogP contribution in [0.5, 0.6) is 5.75 Å². The van der Waals surface area contributed by atoms with Crippen LogP contribution in [0, 0.1) is 29.8 Å². The number of aryl methyl sites for hydroxylation is 1. The smallest absolute Gasteiger partial charge is 0.340 e. The number of anilines is 1. The molecule has 1 aliphatic rings. The highest BCUT2D eigenvalue weighted by molar-refractivity contribution is 5.87. The van der Waals surface area contributed by atoms with Crippen molar-refractivity contribution >= 4 is 11.7 Å². The quantitative estimate of drug-likeness (QED) is 0.210. The Balaban J connectivity index is 1.79. The van der Waals surface area contributed by atoms with Crippen molar-refractivity contribution in [3.8, 4) is 16.9 Å². The fourth-order valence-electron chi connectivity index (χ4n) is 5.45. The number of benzene rings is 2. The number of esters is 1. The van der Waals surface area contributed by atoms with Gasteiger partial charge in [-0.1, -0.05) is 26.0 Å². The minimum atomic E-state index is -1.15. The third-order valence-electron chi connectivity index (χ3n) is 7.92. The molecule has 0 aliphatic carbocycles. The van der Waals surface area contributed by atoms with E-state index in [9.17, 15) is 9.18 Å². The van der Waals surface area contributed by atoms with Crippen LogP contribution in [0.2, 0.25) is 0 Å². The standard InChI is InChI=1S/C36H45F3N2O4/c1-22(2)44-34(42)33(45-35(4,5)6)29-23(3)40-21-27(32(29)41-18-16-36(7,8)17-19-41)26-13-14-28(31(39)30(26)38)43-20-15-24-9-11-25(37)12-10-24/h9-14,21-22,33H,15-20H2,1-8H3/t33-/m0/s1. The fraction of sp³-hybridized carbons (Fsp3) is 0.500. The Morgan fingerprint density at radius 2 is 1.62 bits per heavy atom. The molecule has 1 fully saturated rings. The largest absolute Gasteiger partial charge is 0.490 e. The van der Waals surface area contributed by atoms with Crippen molar-refractivity contribution in [3.05, 3.63) is 76.9 Å². The summed E-state index contributed by atoms with van der Waals surface area (Å²) < 4.78 is 62.3. The van der Waals surface area contributed by atoms with Gasteiger partial charge in [0.2, 0.25) is 5.82 Å². The van der Waals surface area contributed by atoms with Gasteiger partial charge < -0.3 is 19.1 Å². The molecule has 4 rings (SSSR count). The third-order valence-corrected chi connectivity index (χ3v) is 7.92. The Labute approximate surface area is 264 Å². The second-order valence-electron chi connectivity index (χ2n) is 13.7. The highest BCUT2D eigenvalue weighted by Gasteiger charge is 2.37. The van der Waals surface area contributed by atoms with Gasteiger partial charge in [-0.15, -0.1) is 0 Å². The van der Waals surface area contributed by atoms with E-state index < -0.39 is 29.3 Å². The van der Waals surface area contributed by atoms with Gasteiger partial charge in [0.25, 0.3) is 0 Å². The fourth-order valence-corrected chi connectivity index (χ4v) is 5.45. The summed E-state index contributed by atoms with van der Waals surface area (Å²) in [7, 11) is 0. The van der Waals surface area contributed by atoms with E-state index in [1.165, 1.54) is 30.5 Å². The Morgan fingerprint density at radius 3 is 2.22 bits per heavy atom. The molecule has 0 amide bonds. The Kier molecular flexibility index (Phi) is 10.5. The third kappa shape index (κ3) is 8.57. The first-order chi connectivity index (χ1) is 21.1. The predicted molar refractivity (Wildman–Crippen MR) is 170 cm³/mol. The maximum atomic E-state index is 16.0. The monoisotopic (exact) mass is 626 g/mol. The second-order valence-corrected chi connectivity index (χ2v) is 13.7. The van der Waals surface area contributed by atoms with Crippen molar-refractivity contribution in [2.45, 2.75) is 92.5 Å². The molecule has 45 heavy (non-hydrogen) atoms. The molecule has 1 aromatic heterocycles. The Hall–Kier alpha value is -3.59. The molecule has 0 unspecified atom stereocenters. The number of pyridine rings is 1. The minimum Gasteiger partial charge on any atom is -0.490 e. The van der Waals surface area contributed by atoms with Gasteiger partial charge in [0.05, 0.1) is 24.0 Å². The van der Waals surface area contributed by atoms with E-state index >= 15 is 8.78 Å². The van der Waals surface area contributed by atoms with E-state index in [0.717, 1.165) is 18.4 Å². The van der Waals surface area contributed by atoms with E-state index in [1.807, 2.05) is 20.8 Å². The maximum absolute atomic E-state index is 16.0. The zero-order valence-electron chi connectivity index (χ0n) is 27.6. The number of carbonyl (C=O) groups is 1. The van der Waals surface area contributed by atoms with Gasteiger partial charge in [-0.2, -0.15) is 4.39 Å². The van der Waals surface area contributed by atoms with Gasteiger partial charge in [-0.25, -0.2) is 13.6 Å². The molecule has 2 heterocycles. The van der Waals surface area contributed by atoms with Crippen molar-refractivity contribution in [1.82, 2.24) is 4.98 Å². The van der Waals surface area contributed by atoms with Gasteiger partial charge in [-0.05, 0) is 89.6 Å². The lowest BCUT2D eigenvalue weighted by molar-refractivity contribution is -0.171. The molecule has 0 radical (unpaired) electrons. The lowest BCUT2D eigenvalue weighted by Crippen LogP contribution is -2.39. The molecule has 1 atom stereocenters. The van der Waals surface area contributed by atoms with Crippen LogP contribution in [0.4, 0.5) is 18.9 Å². The molecular formula is C36H45F3N2O4. The van der Waals surface area contributed by atoms with E-state index in [-0.39, 0.29) is 35.3 Å². The maximum Gasteiger partial charge on any atom is 0.340 e. The topological polar surface area (TPSA) is 60.9 Å². The van der Waals surface area contributed by atoms with Crippen molar-refractivity contribution in [1.29, 1.82) is 0 Å². The highest BCUT2D eigenvalue weighted by Crippen LogP contribution is 2.45. The van der Waals surface area contributed by atoms with E-state index in [0.29, 0.717) is 42.0 Å². The van der Waals surface area contributed by atoms with Crippen LogP contribution in [0.25, 0.3) is 11.1 Å². The molecule has 2 aromatic carbocycles. The molecule has 1 saturated heterocycles. The molecule has 0 bridgehead atoms. The number of hydrogen-bond acceptors (Lipinski definition) is 6. The van der Waals surface area contributed by atoms with Crippen LogP contribution in [-0.4, -0.2) is 42.4 Å². The lowest BCUT2D eigenvalue weighted by Gasteiger charge is -2.41. The summed E-state index contributed by atoms with van der Waals surface area (Å²) in [5.74, 6) is -3.35. The highest BCUT2D eigenvalue weighted by atomic mass is 19.2. The zero-order valence-corrected chi connectivity index (χ0v) is 27.6. The Bertz CT molecular complexity index is 1490. The summed E-state index contributed by atoms with van der Waals surface area (Å²) in [6.45, 7) is 16.7. The molecular weight excluding hydrogens is 581 g/mol. The van der Waals surface area contributed by atoms with Crippen molar-refractivity contribution < 1.29 is 32.2 Å². The summed E-state index contributed by atoms with van der Waals surface area (Å²) in [4.78, 5) is 20.3. The zero-order chi connectivity index (χ0) is 33.1. The molecule has 244 valence electrons. The van der Waals surface area contributed by atoms with Crippen LogP contribution in [0.3, 0.4) is 0 Å². The van der Waals surface area contributed by atoms with Crippen LogP contribution >= 0.6 is 0 Å². The van der Waals surface area contributed by atoms with Crippen LogP contribution in [-0.2, 0) is 20.7 Å². The molecule has 9 heteroatoms. The van der Waals surface area contributed by atoms with E-state index in [4.69, 9.17) is 14.2 Å². The normalized spacial score (nSPS) is 15.7. The lowest BCUT2D eigenvalue weighted by atomic mass is 9.82. The number of ether oxygens (including phenoxy) is 3. The van der Waals surface area contributed by atoms with Crippen LogP contribution in [0.15, 0.2) is 42.6 Å². The molecule has 3 aromatic rings. The number of aromatic nitrogens is 1. The minimum absolute atomic E-state index is 0.00120.